The Hall–Kier alpha value is -2.77. The minimum absolute atomic E-state index is 0.0728. The lowest BCUT2D eigenvalue weighted by Gasteiger charge is -2.19. The van der Waals surface area contributed by atoms with Crippen LogP contribution in [-0.2, 0) is 11.3 Å². The molecule has 0 aliphatic carbocycles. The van der Waals surface area contributed by atoms with Crippen molar-refractivity contribution < 1.29 is 18.4 Å². The molecule has 2 aromatic rings. The number of imide groups is 1. The molecule has 0 atom stereocenters. The molecule has 8 heteroatoms. The Balaban J connectivity index is 2.89. The molecular weight excluding hydrogens is 332 g/mol. The number of benzene rings is 1. The van der Waals surface area contributed by atoms with Gasteiger partial charge in [-0.05, 0) is 12.5 Å². The molecule has 1 aromatic heterocycles. The SMILES string of the molecule is CCCn1cc(C(=O)NC(C)=O)c(=O)c2cc(F)c(N(C)C)c(F)c21. The van der Waals surface area contributed by atoms with Gasteiger partial charge < -0.3 is 9.47 Å². The number of amides is 2. The van der Waals surface area contributed by atoms with Crippen LogP contribution in [0.5, 0.6) is 0 Å². The molecule has 0 spiro atoms. The first-order valence-electron chi connectivity index (χ1n) is 7.73. The van der Waals surface area contributed by atoms with Crippen molar-refractivity contribution in [1.82, 2.24) is 9.88 Å². The summed E-state index contributed by atoms with van der Waals surface area (Å²) in [5.74, 6) is -3.31. The molecule has 0 fully saturated rings. The molecule has 1 heterocycles. The fourth-order valence-electron chi connectivity index (χ4n) is 2.69. The highest BCUT2D eigenvalue weighted by Gasteiger charge is 2.23. The number of fused-ring (bicyclic) bond motifs is 1. The highest BCUT2D eigenvalue weighted by molar-refractivity contribution is 6.05. The normalized spacial score (nSPS) is 10.8. The van der Waals surface area contributed by atoms with Crippen LogP contribution in [0.4, 0.5) is 14.5 Å². The van der Waals surface area contributed by atoms with Gasteiger partial charge in [-0.3, -0.25) is 19.7 Å². The largest absolute Gasteiger partial charge is 0.373 e. The number of rotatable bonds is 4. The summed E-state index contributed by atoms with van der Waals surface area (Å²) in [4.78, 5) is 37.0. The van der Waals surface area contributed by atoms with Gasteiger partial charge in [-0.1, -0.05) is 6.92 Å². The summed E-state index contributed by atoms with van der Waals surface area (Å²) in [6.45, 7) is 3.28. The van der Waals surface area contributed by atoms with Gasteiger partial charge in [0.05, 0.1) is 10.9 Å². The number of aromatic nitrogens is 1. The highest BCUT2D eigenvalue weighted by atomic mass is 19.1. The van der Waals surface area contributed by atoms with Gasteiger partial charge in [0.2, 0.25) is 11.3 Å². The Labute approximate surface area is 143 Å². The van der Waals surface area contributed by atoms with Crippen molar-refractivity contribution >= 4 is 28.4 Å². The average Bonchev–Trinajstić information content (AvgIpc) is 2.48. The number of anilines is 1. The van der Waals surface area contributed by atoms with Crippen molar-refractivity contribution in [3.63, 3.8) is 0 Å². The monoisotopic (exact) mass is 351 g/mol. The van der Waals surface area contributed by atoms with Crippen LogP contribution >= 0.6 is 0 Å². The molecule has 0 saturated heterocycles. The summed E-state index contributed by atoms with van der Waals surface area (Å²) in [5, 5.41) is 1.76. The zero-order chi connectivity index (χ0) is 18.9. The van der Waals surface area contributed by atoms with Crippen LogP contribution in [0.2, 0.25) is 0 Å². The number of hydrogen-bond acceptors (Lipinski definition) is 4. The molecule has 6 nitrogen and oxygen atoms in total. The number of carbonyl (C=O) groups is 2. The van der Waals surface area contributed by atoms with Crippen molar-refractivity contribution in [2.75, 3.05) is 19.0 Å². The van der Waals surface area contributed by atoms with Gasteiger partial charge in [-0.25, -0.2) is 8.78 Å². The minimum Gasteiger partial charge on any atom is -0.373 e. The summed E-state index contributed by atoms with van der Waals surface area (Å²) in [5.41, 5.74) is -1.51. The van der Waals surface area contributed by atoms with Crippen LogP contribution < -0.4 is 15.6 Å². The summed E-state index contributed by atoms with van der Waals surface area (Å²) in [6, 6.07) is 0.923. The van der Waals surface area contributed by atoms with E-state index in [0.29, 0.717) is 13.0 Å². The van der Waals surface area contributed by atoms with E-state index >= 15 is 0 Å². The van der Waals surface area contributed by atoms with Crippen LogP contribution in [0.25, 0.3) is 10.9 Å². The molecule has 0 unspecified atom stereocenters. The summed E-state index contributed by atoms with van der Waals surface area (Å²) >= 11 is 0. The van der Waals surface area contributed by atoms with E-state index in [-0.39, 0.29) is 22.2 Å². The summed E-state index contributed by atoms with van der Waals surface area (Å²) in [7, 11) is 2.98. The lowest BCUT2D eigenvalue weighted by molar-refractivity contribution is -0.118. The highest BCUT2D eigenvalue weighted by Crippen LogP contribution is 2.28. The molecule has 2 amide bonds. The topological polar surface area (TPSA) is 71.4 Å². The molecular formula is C17H19F2N3O3. The second kappa shape index (κ2) is 7.00. The first-order chi connectivity index (χ1) is 11.7. The quantitative estimate of drug-likeness (QED) is 0.915. The van der Waals surface area contributed by atoms with Crippen molar-refractivity contribution in [2.45, 2.75) is 26.8 Å². The van der Waals surface area contributed by atoms with Crippen molar-refractivity contribution in [2.24, 2.45) is 0 Å². The van der Waals surface area contributed by atoms with E-state index in [2.05, 4.69) is 0 Å². The number of nitrogens with zero attached hydrogens (tertiary/aromatic N) is 2. The zero-order valence-corrected chi connectivity index (χ0v) is 14.4. The first kappa shape index (κ1) is 18.6. The van der Waals surface area contributed by atoms with Gasteiger partial charge in [-0.15, -0.1) is 0 Å². The van der Waals surface area contributed by atoms with Gasteiger partial charge in [0.25, 0.3) is 5.91 Å². The van der Waals surface area contributed by atoms with Gasteiger partial charge in [-0.2, -0.15) is 0 Å². The molecule has 25 heavy (non-hydrogen) atoms. The molecule has 2 rings (SSSR count). The Morgan fingerprint density at radius 2 is 1.92 bits per heavy atom. The second-order valence-corrected chi connectivity index (χ2v) is 5.89. The first-order valence-corrected chi connectivity index (χ1v) is 7.73. The molecule has 0 aliphatic rings. The number of nitrogens with one attached hydrogen (secondary N) is 1. The zero-order valence-electron chi connectivity index (χ0n) is 14.4. The third kappa shape index (κ3) is 3.38. The van der Waals surface area contributed by atoms with E-state index in [0.717, 1.165) is 13.0 Å². The Bertz CT molecular complexity index is 920. The predicted octanol–water partition coefficient (Wildman–Crippen LogP) is 2.03. The molecule has 0 aliphatic heterocycles. The smallest absolute Gasteiger partial charge is 0.263 e. The number of halogens is 2. The van der Waals surface area contributed by atoms with Crippen molar-refractivity contribution in [3.8, 4) is 0 Å². The van der Waals surface area contributed by atoms with Crippen LogP contribution in [0.3, 0.4) is 0 Å². The van der Waals surface area contributed by atoms with Gasteiger partial charge in [0.15, 0.2) is 5.82 Å². The second-order valence-electron chi connectivity index (χ2n) is 5.89. The Morgan fingerprint density at radius 1 is 1.28 bits per heavy atom. The maximum atomic E-state index is 14.9. The summed E-state index contributed by atoms with van der Waals surface area (Å²) in [6.07, 6.45) is 1.80. The number of pyridine rings is 1. The third-order valence-corrected chi connectivity index (χ3v) is 3.68. The Kier molecular flexibility index (Phi) is 5.20. The number of carbonyl (C=O) groups excluding carboxylic acids is 2. The van der Waals surface area contributed by atoms with E-state index in [9.17, 15) is 23.2 Å². The molecule has 0 radical (unpaired) electrons. The van der Waals surface area contributed by atoms with Gasteiger partial charge in [0, 0.05) is 33.8 Å². The van der Waals surface area contributed by atoms with E-state index in [1.807, 2.05) is 12.2 Å². The lowest BCUT2D eigenvalue weighted by Crippen LogP contribution is -2.33. The lowest BCUT2D eigenvalue weighted by atomic mass is 10.1. The number of hydrogen-bond donors (Lipinski definition) is 1. The van der Waals surface area contributed by atoms with Crippen LogP contribution in [0.1, 0.15) is 30.6 Å². The van der Waals surface area contributed by atoms with Crippen molar-refractivity contribution in [3.05, 3.63) is 39.7 Å². The Morgan fingerprint density at radius 3 is 2.44 bits per heavy atom. The van der Waals surface area contributed by atoms with E-state index in [1.165, 1.54) is 29.8 Å². The molecule has 0 bridgehead atoms. The molecule has 1 aromatic carbocycles. The van der Waals surface area contributed by atoms with Gasteiger partial charge >= 0.3 is 0 Å². The van der Waals surface area contributed by atoms with E-state index < -0.39 is 28.9 Å². The number of aryl methyl sites for hydroxylation is 1. The standard InChI is InChI=1S/C17H19F2N3O3/c1-5-6-22-8-11(17(25)20-9(2)23)16(24)10-7-12(18)15(21(3)4)13(19)14(10)22/h7-8H,5-6H2,1-4H3,(H,20,23,25). The molecule has 0 saturated carbocycles. The third-order valence-electron chi connectivity index (χ3n) is 3.68. The summed E-state index contributed by atoms with van der Waals surface area (Å²) < 4.78 is 30.6. The van der Waals surface area contributed by atoms with Crippen LogP contribution in [0, 0.1) is 11.6 Å². The predicted molar refractivity (Wildman–Crippen MR) is 90.9 cm³/mol. The van der Waals surface area contributed by atoms with Crippen LogP contribution in [-0.4, -0.2) is 30.5 Å². The maximum absolute atomic E-state index is 14.9. The van der Waals surface area contributed by atoms with E-state index in [4.69, 9.17) is 0 Å². The van der Waals surface area contributed by atoms with Crippen molar-refractivity contribution in [1.29, 1.82) is 0 Å². The average molecular weight is 351 g/mol. The van der Waals surface area contributed by atoms with Gasteiger partial charge in [0.1, 0.15) is 17.1 Å². The minimum atomic E-state index is -0.903. The molecule has 1 N–H and O–H groups in total. The van der Waals surface area contributed by atoms with Crippen LogP contribution in [0.15, 0.2) is 17.1 Å². The fraction of sp³-hybridized carbons (Fsp3) is 0.353. The maximum Gasteiger partial charge on any atom is 0.263 e. The molecule has 134 valence electrons. The fourth-order valence-corrected chi connectivity index (χ4v) is 2.69. The van der Waals surface area contributed by atoms with E-state index in [1.54, 1.807) is 0 Å².